The van der Waals surface area contributed by atoms with Crippen molar-refractivity contribution in [2.45, 2.75) is 11.8 Å². The highest BCUT2D eigenvalue weighted by Crippen LogP contribution is 2.24. The van der Waals surface area contributed by atoms with Gasteiger partial charge >= 0.3 is 5.97 Å². The summed E-state index contributed by atoms with van der Waals surface area (Å²) in [5, 5.41) is 12.7. The van der Waals surface area contributed by atoms with Gasteiger partial charge in [-0.25, -0.2) is 8.42 Å². The van der Waals surface area contributed by atoms with E-state index in [1.54, 1.807) is 48.5 Å². The Morgan fingerprint density at radius 2 is 1.48 bits per heavy atom. The van der Waals surface area contributed by atoms with Gasteiger partial charge in [0.2, 0.25) is 5.91 Å². The van der Waals surface area contributed by atoms with E-state index in [-0.39, 0.29) is 17.4 Å². The van der Waals surface area contributed by atoms with E-state index in [9.17, 15) is 23.1 Å². The van der Waals surface area contributed by atoms with Crippen molar-refractivity contribution in [2.75, 3.05) is 17.7 Å². The summed E-state index contributed by atoms with van der Waals surface area (Å²) < 4.78 is 31.1. The maximum absolute atomic E-state index is 12.8. The zero-order valence-corrected chi connectivity index (χ0v) is 19.3. The number of nitrogens with one attached hydrogen (secondary N) is 1. The SMILES string of the molecule is CC(=O)Nc1ccc(OCC(CS(=O)(=O)c2ccc(-c3ccc(Cl)cc3)cc2)C(=O)O)cc1. The van der Waals surface area contributed by atoms with Gasteiger partial charge in [-0.1, -0.05) is 35.9 Å². The molecule has 0 spiro atoms. The Morgan fingerprint density at radius 1 is 0.939 bits per heavy atom. The second-order valence-corrected chi connectivity index (χ2v) is 9.84. The maximum atomic E-state index is 12.8. The quantitative estimate of drug-likeness (QED) is 0.459. The Hall–Kier alpha value is -3.36. The number of carboxylic acids is 1. The minimum Gasteiger partial charge on any atom is -0.493 e. The van der Waals surface area contributed by atoms with E-state index in [0.29, 0.717) is 16.5 Å². The van der Waals surface area contributed by atoms with Crippen molar-refractivity contribution in [1.82, 2.24) is 0 Å². The first-order chi connectivity index (χ1) is 15.6. The lowest BCUT2D eigenvalue weighted by atomic mass is 10.1. The third-order valence-corrected chi connectivity index (χ3v) is 6.87. The van der Waals surface area contributed by atoms with Crippen LogP contribution in [-0.2, 0) is 19.4 Å². The van der Waals surface area contributed by atoms with E-state index in [4.69, 9.17) is 16.3 Å². The van der Waals surface area contributed by atoms with Crippen molar-refractivity contribution in [3.8, 4) is 16.9 Å². The summed E-state index contributed by atoms with van der Waals surface area (Å²) in [6.45, 7) is 1.06. The number of carbonyl (C=O) groups is 2. The minimum absolute atomic E-state index is 0.0334. The largest absolute Gasteiger partial charge is 0.493 e. The van der Waals surface area contributed by atoms with Crippen molar-refractivity contribution in [2.24, 2.45) is 5.92 Å². The molecule has 1 atom stereocenters. The number of carboxylic acid groups (broad SMARTS) is 1. The van der Waals surface area contributed by atoms with Gasteiger partial charge in [0.1, 0.15) is 18.3 Å². The van der Waals surface area contributed by atoms with E-state index < -0.39 is 27.5 Å². The summed E-state index contributed by atoms with van der Waals surface area (Å²) in [6, 6.07) is 19.7. The number of sulfone groups is 1. The molecule has 0 fully saturated rings. The molecule has 0 radical (unpaired) electrons. The molecule has 0 aromatic heterocycles. The Labute approximate surface area is 196 Å². The van der Waals surface area contributed by atoms with Gasteiger partial charge in [-0.2, -0.15) is 0 Å². The third kappa shape index (κ3) is 6.81. The molecule has 1 unspecified atom stereocenters. The number of halogens is 1. The van der Waals surface area contributed by atoms with Crippen molar-refractivity contribution in [3.63, 3.8) is 0 Å². The lowest BCUT2D eigenvalue weighted by Crippen LogP contribution is -2.29. The minimum atomic E-state index is -3.86. The van der Waals surface area contributed by atoms with Gasteiger partial charge in [-0.3, -0.25) is 9.59 Å². The number of hydrogen-bond acceptors (Lipinski definition) is 5. The highest BCUT2D eigenvalue weighted by molar-refractivity contribution is 7.91. The van der Waals surface area contributed by atoms with Crippen LogP contribution in [0.1, 0.15) is 6.92 Å². The monoisotopic (exact) mass is 487 g/mol. The van der Waals surface area contributed by atoms with Crippen LogP contribution in [0.15, 0.2) is 77.7 Å². The number of ether oxygens (including phenoxy) is 1. The first-order valence-electron chi connectivity index (χ1n) is 9.96. The van der Waals surface area contributed by atoms with Gasteiger partial charge in [-0.15, -0.1) is 0 Å². The molecule has 0 bridgehead atoms. The fourth-order valence-corrected chi connectivity index (χ4v) is 4.72. The van der Waals surface area contributed by atoms with E-state index in [1.165, 1.54) is 19.1 Å². The topological polar surface area (TPSA) is 110 Å². The van der Waals surface area contributed by atoms with Gasteiger partial charge < -0.3 is 15.2 Å². The Kier molecular flexibility index (Phi) is 7.73. The molecule has 0 saturated heterocycles. The molecule has 1 amide bonds. The van der Waals surface area contributed by atoms with E-state index in [2.05, 4.69) is 5.32 Å². The number of aliphatic carboxylic acids is 1. The van der Waals surface area contributed by atoms with E-state index in [0.717, 1.165) is 11.1 Å². The van der Waals surface area contributed by atoms with Crippen molar-refractivity contribution in [3.05, 3.63) is 77.8 Å². The summed E-state index contributed by atoms with van der Waals surface area (Å²) in [5.41, 5.74) is 2.25. The first kappa shape index (κ1) is 24.3. The number of hydrogen-bond donors (Lipinski definition) is 2. The second kappa shape index (κ2) is 10.5. The summed E-state index contributed by atoms with van der Waals surface area (Å²) in [7, 11) is -3.86. The lowest BCUT2D eigenvalue weighted by molar-refractivity contribution is -0.141. The van der Waals surface area contributed by atoms with Gasteiger partial charge in [-0.05, 0) is 59.7 Å². The molecule has 0 aliphatic heterocycles. The number of rotatable bonds is 9. The number of anilines is 1. The molecule has 33 heavy (non-hydrogen) atoms. The van der Waals surface area contributed by atoms with Gasteiger partial charge in [0.15, 0.2) is 9.84 Å². The Morgan fingerprint density at radius 3 is 2.00 bits per heavy atom. The predicted octanol–water partition coefficient (Wildman–Crippen LogP) is 4.52. The summed E-state index contributed by atoms with van der Waals surface area (Å²) in [5.74, 6) is -3.00. The first-order valence-corrected chi connectivity index (χ1v) is 12.0. The normalized spacial score (nSPS) is 12.1. The zero-order chi connectivity index (χ0) is 24.0. The average Bonchev–Trinajstić information content (AvgIpc) is 2.77. The number of amides is 1. The Bertz CT molecular complexity index is 1220. The number of carbonyl (C=O) groups excluding carboxylic acids is 1. The van der Waals surface area contributed by atoms with Crippen molar-refractivity contribution >= 4 is 39.0 Å². The van der Waals surface area contributed by atoms with Crippen LogP contribution in [0.2, 0.25) is 5.02 Å². The van der Waals surface area contributed by atoms with Crippen LogP contribution >= 0.6 is 11.6 Å². The van der Waals surface area contributed by atoms with Crippen LogP contribution < -0.4 is 10.1 Å². The molecule has 3 rings (SSSR count). The standard InChI is InChI=1S/C24H22ClNO6S/c1-16(27)26-21-8-10-22(11-9-21)32-14-19(24(28)29)15-33(30,31)23-12-4-18(5-13-23)17-2-6-20(25)7-3-17/h2-13,19H,14-15H2,1H3,(H,26,27)(H,28,29). The van der Waals surface area contributed by atoms with Crippen LogP contribution in [0, 0.1) is 5.92 Å². The van der Waals surface area contributed by atoms with Gasteiger partial charge in [0, 0.05) is 17.6 Å². The van der Waals surface area contributed by atoms with E-state index >= 15 is 0 Å². The summed E-state index contributed by atoms with van der Waals surface area (Å²) >= 11 is 5.90. The van der Waals surface area contributed by atoms with Crippen LogP contribution in [0.25, 0.3) is 11.1 Å². The van der Waals surface area contributed by atoms with Crippen LogP contribution in [0.5, 0.6) is 5.75 Å². The molecule has 0 aliphatic carbocycles. The molecule has 0 saturated carbocycles. The fourth-order valence-electron chi connectivity index (χ4n) is 3.08. The molecule has 3 aromatic rings. The summed E-state index contributed by atoms with van der Waals surface area (Å²) in [6.07, 6.45) is 0. The highest BCUT2D eigenvalue weighted by atomic mass is 35.5. The summed E-state index contributed by atoms with van der Waals surface area (Å²) in [4.78, 5) is 22.8. The molecule has 0 heterocycles. The molecule has 172 valence electrons. The lowest BCUT2D eigenvalue weighted by Gasteiger charge is -2.15. The highest BCUT2D eigenvalue weighted by Gasteiger charge is 2.27. The van der Waals surface area contributed by atoms with Crippen LogP contribution in [0.3, 0.4) is 0 Å². The average molecular weight is 488 g/mol. The molecular formula is C24H22ClNO6S. The fraction of sp³-hybridized carbons (Fsp3) is 0.167. The molecule has 2 N–H and O–H groups in total. The third-order valence-electron chi connectivity index (χ3n) is 4.79. The molecular weight excluding hydrogens is 466 g/mol. The zero-order valence-electron chi connectivity index (χ0n) is 17.7. The Balaban J connectivity index is 1.67. The van der Waals surface area contributed by atoms with Crippen molar-refractivity contribution in [1.29, 1.82) is 0 Å². The molecule has 7 nitrogen and oxygen atoms in total. The van der Waals surface area contributed by atoms with Gasteiger partial charge in [0.25, 0.3) is 0 Å². The molecule has 0 aliphatic rings. The van der Waals surface area contributed by atoms with Gasteiger partial charge in [0.05, 0.1) is 10.6 Å². The van der Waals surface area contributed by atoms with E-state index in [1.807, 2.05) is 12.1 Å². The predicted molar refractivity (Wildman–Crippen MR) is 126 cm³/mol. The van der Waals surface area contributed by atoms with Crippen LogP contribution in [-0.4, -0.2) is 37.8 Å². The molecule has 3 aromatic carbocycles. The maximum Gasteiger partial charge on any atom is 0.311 e. The van der Waals surface area contributed by atoms with Crippen LogP contribution in [0.4, 0.5) is 5.69 Å². The second-order valence-electron chi connectivity index (χ2n) is 7.36. The smallest absolute Gasteiger partial charge is 0.311 e. The van der Waals surface area contributed by atoms with Crippen molar-refractivity contribution < 1.29 is 27.9 Å². The molecule has 9 heteroatoms. The number of benzene rings is 3.